The molecule has 2 atom stereocenters. The van der Waals surface area contributed by atoms with E-state index in [-0.39, 0.29) is 6.10 Å². The second kappa shape index (κ2) is 4.80. The quantitative estimate of drug-likeness (QED) is 0.764. The van der Waals surface area contributed by atoms with E-state index in [9.17, 15) is 5.26 Å². The molecule has 3 nitrogen and oxygen atoms in total. The summed E-state index contributed by atoms with van der Waals surface area (Å²) in [4.78, 5) is 0. The van der Waals surface area contributed by atoms with Crippen LogP contribution in [0, 0.1) is 11.3 Å². The summed E-state index contributed by atoms with van der Waals surface area (Å²) in [6.07, 6.45) is 0.285. The van der Waals surface area contributed by atoms with E-state index in [1.807, 2.05) is 51.1 Å². The fourth-order valence-corrected chi connectivity index (χ4v) is 2.50. The van der Waals surface area contributed by atoms with E-state index >= 15 is 0 Å². The zero-order chi connectivity index (χ0) is 14.1. The monoisotopic (exact) mass is 257 g/mol. The van der Waals surface area contributed by atoms with Gasteiger partial charge >= 0.3 is 0 Å². The van der Waals surface area contributed by atoms with Crippen LogP contribution in [0.2, 0.25) is 0 Å². The molecule has 1 heterocycles. The molecule has 0 spiro atoms. The molecule has 1 aromatic rings. The molecule has 100 valence electrons. The van der Waals surface area contributed by atoms with Crippen molar-refractivity contribution in [2.45, 2.75) is 44.7 Å². The maximum Gasteiger partial charge on any atom is 0.185 e. The molecule has 3 heteroatoms. The Morgan fingerprint density at radius 2 is 1.95 bits per heavy atom. The van der Waals surface area contributed by atoms with Crippen LogP contribution in [0.15, 0.2) is 42.5 Å². The number of rotatable bonds is 2. The second-order valence-electron chi connectivity index (χ2n) is 5.39. The maximum absolute atomic E-state index is 9.63. The molecule has 1 fully saturated rings. The van der Waals surface area contributed by atoms with Gasteiger partial charge in [0.05, 0.1) is 6.10 Å². The smallest absolute Gasteiger partial charge is 0.185 e. The van der Waals surface area contributed by atoms with Gasteiger partial charge in [-0.25, -0.2) is 0 Å². The van der Waals surface area contributed by atoms with Crippen LogP contribution in [0.3, 0.4) is 0 Å². The molecular weight excluding hydrogens is 238 g/mol. The predicted molar refractivity (Wildman–Crippen MR) is 73.3 cm³/mol. The Morgan fingerprint density at radius 1 is 1.32 bits per heavy atom. The maximum atomic E-state index is 9.63. The Hall–Kier alpha value is -1.63. The van der Waals surface area contributed by atoms with Crippen molar-refractivity contribution in [1.29, 1.82) is 5.26 Å². The average Bonchev–Trinajstić information content (AvgIpc) is 2.36. The summed E-state index contributed by atoms with van der Waals surface area (Å²) in [7, 11) is 0. The third-order valence-electron chi connectivity index (χ3n) is 3.37. The average molecular weight is 257 g/mol. The standard InChI is InChI=1S/C16H19NO2/c1-12-13(2)18-15(3,4)19-16(12,11-17)10-14-8-6-5-7-9-14/h5-9,13H,1,10H2,2-4H3/t13-,16+/m0/s1. The van der Waals surface area contributed by atoms with E-state index in [0.717, 1.165) is 5.56 Å². The lowest BCUT2D eigenvalue weighted by molar-refractivity contribution is -0.290. The van der Waals surface area contributed by atoms with Gasteiger partial charge in [-0.1, -0.05) is 36.9 Å². The summed E-state index contributed by atoms with van der Waals surface area (Å²) in [5.41, 5.74) is 0.705. The lowest BCUT2D eigenvalue weighted by atomic mass is 9.84. The van der Waals surface area contributed by atoms with Crippen LogP contribution in [-0.2, 0) is 15.9 Å². The first kappa shape index (κ1) is 13.8. The number of nitriles is 1. The SMILES string of the molecule is C=C1[C@H](C)OC(C)(C)O[C@@]1(C#N)Cc1ccccc1. The van der Waals surface area contributed by atoms with Crippen LogP contribution in [-0.4, -0.2) is 17.5 Å². The molecular formula is C16H19NO2. The minimum Gasteiger partial charge on any atom is -0.343 e. The minimum absolute atomic E-state index is 0.202. The highest BCUT2D eigenvalue weighted by atomic mass is 16.7. The highest BCUT2D eigenvalue weighted by Crippen LogP contribution is 2.39. The first-order chi connectivity index (χ1) is 8.88. The lowest BCUT2D eigenvalue weighted by Crippen LogP contribution is -2.53. The fourth-order valence-electron chi connectivity index (χ4n) is 2.50. The van der Waals surface area contributed by atoms with Gasteiger partial charge in [0, 0.05) is 6.42 Å². The van der Waals surface area contributed by atoms with Gasteiger partial charge in [-0.05, 0) is 31.9 Å². The van der Waals surface area contributed by atoms with Gasteiger partial charge < -0.3 is 9.47 Å². The van der Waals surface area contributed by atoms with E-state index in [2.05, 4.69) is 12.6 Å². The number of benzene rings is 1. The summed E-state index contributed by atoms with van der Waals surface area (Å²) in [6, 6.07) is 12.1. The molecule has 0 N–H and O–H groups in total. The zero-order valence-corrected chi connectivity index (χ0v) is 11.6. The molecule has 1 aromatic carbocycles. The van der Waals surface area contributed by atoms with Crippen molar-refractivity contribution in [2.24, 2.45) is 0 Å². The molecule has 1 aliphatic rings. The lowest BCUT2D eigenvalue weighted by Gasteiger charge is -2.45. The third kappa shape index (κ3) is 2.70. The van der Waals surface area contributed by atoms with E-state index in [4.69, 9.17) is 9.47 Å². The summed E-state index contributed by atoms with van der Waals surface area (Å²) in [5, 5.41) is 9.63. The Balaban J connectivity index is 2.36. The van der Waals surface area contributed by atoms with E-state index in [1.54, 1.807) is 0 Å². The predicted octanol–water partition coefficient (Wildman–Crippen LogP) is 3.22. The fraction of sp³-hybridized carbons (Fsp3) is 0.438. The first-order valence-electron chi connectivity index (χ1n) is 6.41. The van der Waals surface area contributed by atoms with Crippen molar-refractivity contribution in [2.75, 3.05) is 0 Å². The van der Waals surface area contributed by atoms with Crippen LogP contribution < -0.4 is 0 Å². The molecule has 1 saturated heterocycles. The van der Waals surface area contributed by atoms with Crippen molar-refractivity contribution in [3.63, 3.8) is 0 Å². The largest absolute Gasteiger partial charge is 0.343 e. The Kier molecular flexibility index (Phi) is 3.49. The summed E-state index contributed by atoms with van der Waals surface area (Å²) >= 11 is 0. The molecule has 19 heavy (non-hydrogen) atoms. The van der Waals surface area contributed by atoms with Gasteiger partial charge in [-0.15, -0.1) is 0 Å². The number of hydrogen-bond acceptors (Lipinski definition) is 3. The molecule has 0 saturated carbocycles. The van der Waals surface area contributed by atoms with Crippen molar-refractivity contribution in [3.8, 4) is 6.07 Å². The molecule has 1 aliphatic heterocycles. The van der Waals surface area contributed by atoms with Crippen molar-refractivity contribution < 1.29 is 9.47 Å². The number of ether oxygens (including phenoxy) is 2. The zero-order valence-electron chi connectivity index (χ0n) is 11.6. The topological polar surface area (TPSA) is 42.2 Å². The van der Waals surface area contributed by atoms with Crippen LogP contribution in [0.25, 0.3) is 0 Å². The van der Waals surface area contributed by atoms with Crippen LogP contribution in [0.1, 0.15) is 26.3 Å². The number of nitrogens with zero attached hydrogens (tertiary/aromatic N) is 1. The van der Waals surface area contributed by atoms with E-state index in [0.29, 0.717) is 12.0 Å². The van der Waals surface area contributed by atoms with Gasteiger partial charge in [-0.2, -0.15) is 5.26 Å². The highest BCUT2D eigenvalue weighted by molar-refractivity contribution is 5.34. The van der Waals surface area contributed by atoms with Crippen LogP contribution >= 0.6 is 0 Å². The molecule has 0 aromatic heterocycles. The van der Waals surface area contributed by atoms with Crippen molar-refractivity contribution in [3.05, 3.63) is 48.0 Å². The molecule has 0 aliphatic carbocycles. The number of hydrogen-bond donors (Lipinski definition) is 0. The van der Waals surface area contributed by atoms with Crippen LogP contribution in [0.5, 0.6) is 0 Å². The third-order valence-corrected chi connectivity index (χ3v) is 3.37. The molecule has 0 amide bonds. The summed E-state index contributed by atoms with van der Waals surface area (Å²) < 4.78 is 11.6. The molecule has 0 unspecified atom stereocenters. The molecule has 0 radical (unpaired) electrons. The van der Waals surface area contributed by atoms with Gasteiger partial charge in [0.25, 0.3) is 0 Å². The van der Waals surface area contributed by atoms with E-state index < -0.39 is 11.4 Å². The van der Waals surface area contributed by atoms with Crippen LogP contribution in [0.4, 0.5) is 0 Å². The Labute approximate surface area is 114 Å². The van der Waals surface area contributed by atoms with Crippen molar-refractivity contribution in [1.82, 2.24) is 0 Å². The van der Waals surface area contributed by atoms with E-state index in [1.165, 1.54) is 0 Å². The highest BCUT2D eigenvalue weighted by Gasteiger charge is 2.48. The first-order valence-corrected chi connectivity index (χ1v) is 6.41. The van der Waals surface area contributed by atoms with Gasteiger partial charge in [0.15, 0.2) is 11.4 Å². The molecule has 0 bridgehead atoms. The Morgan fingerprint density at radius 3 is 2.53 bits per heavy atom. The van der Waals surface area contributed by atoms with Gasteiger partial charge in [-0.3, -0.25) is 0 Å². The normalized spacial score (nSPS) is 29.8. The minimum atomic E-state index is -1.03. The van der Waals surface area contributed by atoms with Gasteiger partial charge in [0.1, 0.15) is 6.07 Å². The second-order valence-corrected chi connectivity index (χ2v) is 5.39. The van der Waals surface area contributed by atoms with Gasteiger partial charge in [0.2, 0.25) is 0 Å². The van der Waals surface area contributed by atoms with Crippen molar-refractivity contribution >= 4 is 0 Å². The molecule has 2 rings (SSSR count). The summed E-state index contributed by atoms with van der Waals surface area (Å²) in [5.74, 6) is -0.787. The Bertz CT molecular complexity index is 515. The summed E-state index contributed by atoms with van der Waals surface area (Å²) in [6.45, 7) is 9.57.